The van der Waals surface area contributed by atoms with Gasteiger partial charge in [-0.25, -0.2) is 0 Å². The third-order valence-corrected chi connectivity index (χ3v) is 4.23. The Balaban J connectivity index is 2.00. The van der Waals surface area contributed by atoms with Crippen molar-refractivity contribution >= 4 is 11.6 Å². The van der Waals surface area contributed by atoms with Gasteiger partial charge in [-0.3, -0.25) is 4.99 Å². The number of guanidine groups is 1. The van der Waals surface area contributed by atoms with Gasteiger partial charge in [-0.15, -0.1) is 0 Å². The van der Waals surface area contributed by atoms with Crippen LogP contribution in [0.25, 0.3) is 0 Å². The van der Waals surface area contributed by atoms with E-state index in [4.69, 9.17) is 15.2 Å². The quantitative estimate of drug-likeness (QED) is 0.887. The van der Waals surface area contributed by atoms with Gasteiger partial charge in [0.1, 0.15) is 5.75 Å². The minimum atomic E-state index is -0.134. The molecule has 0 aromatic heterocycles. The average Bonchev–Trinajstić information content (AvgIpc) is 3.26. The number of benzene rings is 1. The Morgan fingerprint density at radius 1 is 1.40 bits per heavy atom. The largest absolute Gasteiger partial charge is 0.497 e. The van der Waals surface area contributed by atoms with Crippen LogP contribution in [0, 0.1) is 5.92 Å². The molecule has 1 aliphatic heterocycles. The molecule has 0 saturated heterocycles. The van der Waals surface area contributed by atoms with Crippen LogP contribution in [0.4, 0.5) is 5.69 Å². The normalized spacial score (nSPS) is 25.7. The lowest BCUT2D eigenvalue weighted by Crippen LogP contribution is -2.56. The van der Waals surface area contributed by atoms with E-state index in [0.717, 1.165) is 11.4 Å². The summed E-state index contributed by atoms with van der Waals surface area (Å²) in [6.07, 6.45) is 2.43. The van der Waals surface area contributed by atoms with Gasteiger partial charge in [-0.2, -0.15) is 0 Å². The van der Waals surface area contributed by atoms with Crippen LogP contribution in [0.3, 0.4) is 0 Å². The molecule has 1 heterocycles. The van der Waals surface area contributed by atoms with E-state index in [-0.39, 0.29) is 5.54 Å². The first-order valence-corrected chi connectivity index (χ1v) is 6.94. The first-order valence-electron chi connectivity index (χ1n) is 6.94. The molecule has 1 aliphatic carbocycles. The zero-order valence-electron chi connectivity index (χ0n) is 12.0. The van der Waals surface area contributed by atoms with Crippen molar-refractivity contribution < 1.29 is 9.47 Å². The molecule has 108 valence electrons. The maximum absolute atomic E-state index is 6.15. The lowest BCUT2D eigenvalue weighted by Gasteiger charge is -2.39. The third-order valence-electron chi connectivity index (χ3n) is 4.23. The smallest absolute Gasteiger partial charge is 0.196 e. The Morgan fingerprint density at radius 3 is 2.85 bits per heavy atom. The van der Waals surface area contributed by atoms with Gasteiger partial charge in [0.05, 0.1) is 25.8 Å². The van der Waals surface area contributed by atoms with Crippen LogP contribution in [-0.2, 0) is 4.74 Å². The standard InChI is InChI=1S/C15H21N3O2/c1-19-10-15(11-6-7-11)9-17-14(16)18(15)12-4-3-5-13(8-12)20-2/h3-5,8,11H,6-7,9-10H2,1-2H3,(H2,16,17). The number of aliphatic imine (C=N–C) groups is 1. The van der Waals surface area contributed by atoms with E-state index < -0.39 is 0 Å². The Labute approximate surface area is 119 Å². The molecule has 3 rings (SSSR count). The number of nitrogens with two attached hydrogens (primary N) is 1. The number of ether oxygens (including phenoxy) is 2. The zero-order chi connectivity index (χ0) is 14.2. The maximum Gasteiger partial charge on any atom is 0.196 e. The average molecular weight is 275 g/mol. The fourth-order valence-corrected chi connectivity index (χ4v) is 3.14. The van der Waals surface area contributed by atoms with Crippen LogP contribution in [0.15, 0.2) is 29.3 Å². The maximum atomic E-state index is 6.15. The predicted molar refractivity (Wildman–Crippen MR) is 79.3 cm³/mol. The Morgan fingerprint density at radius 2 is 2.20 bits per heavy atom. The molecule has 2 aliphatic rings. The van der Waals surface area contributed by atoms with E-state index in [1.165, 1.54) is 12.8 Å². The van der Waals surface area contributed by atoms with Crippen LogP contribution in [0.5, 0.6) is 5.75 Å². The lowest BCUT2D eigenvalue weighted by atomic mass is 9.92. The van der Waals surface area contributed by atoms with Crippen molar-refractivity contribution in [2.75, 3.05) is 32.3 Å². The fourth-order valence-electron chi connectivity index (χ4n) is 3.14. The van der Waals surface area contributed by atoms with Crippen molar-refractivity contribution in [3.05, 3.63) is 24.3 Å². The van der Waals surface area contributed by atoms with Gasteiger partial charge in [0.25, 0.3) is 0 Å². The number of rotatable bonds is 5. The number of nitrogens with zero attached hydrogens (tertiary/aromatic N) is 2. The van der Waals surface area contributed by atoms with Crippen molar-refractivity contribution in [3.63, 3.8) is 0 Å². The highest BCUT2D eigenvalue weighted by Crippen LogP contribution is 2.47. The van der Waals surface area contributed by atoms with E-state index in [1.807, 2.05) is 24.3 Å². The van der Waals surface area contributed by atoms with E-state index in [0.29, 0.717) is 25.0 Å². The Kier molecular flexibility index (Phi) is 3.30. The molecule has 1 atom stereocenters. The Hall–Kier alpha value is -1.75. The molecule has 1 unspecified atom stereocenters. The Bertz CT molecular complexity index is 528. The minimum absolute atomic E-state index is 0.134. The molecule has 0 amide bonds. The number of hydrogen-bond acceptors (Lipinski definition) is 5. The second kappa shape index (κ2) is 4.98. The zero-order valence-corrected chi connectivity index (χ0v) is 12.0. The van der Waals surface area contributed by atoms with Gasteiger partial charge >= 0.3 is 0 Å². The number of anilines is 1. The molecular formula is C15H21N3O2. The highest BCUT2D eigenvalue weighted by Gasteiger charge is 2.53. The topological polar surface area (TPSA) is 60.1 Å². The summed E-state index contributed by atoms with van der Waals surface area (Å²) < 4.78 is 10.8. The number of methoxy groups -OCH3 is 2. The molecule has 5 heteroatoms. The van der Waals surface area contributed by atoms with Crippen molar-refractivity contribution in [2.45, 2.75) is 18.4 Å². The molecule has 2 N–H and O–H groups in total. The van der Waals surface area contributed by atoms with Gasteiger partial charge in [-0.1, -0.05) is 6.07 Å². The van der Waals surface area contributed by atoms with Crippen molar-refractivity contribution in [1.29, 1.82) is 0 Å². The molecular weight excluding hydrogens is 254 g/mol. The molecule has 5 nitrogen and oxygen atoms in total. The van der Waals surface area contributed by atoms with Crippen LogP contribution in [-0.4, -0.2) is 38.9 Å². The van der Waals surface area contributed by atoms with Gasteiger partial charge in [-0.05, 0) is 30.9 Å². The fraction of sp³-hybridized carbons (Fsp3) is 0.533. The predicted octanol–water partition coefficient (Wildman–Crippen LogP) is 1.63. The second-order valence-corrected chi connectivity index (χ2v) is 5.52. The van der Waals surface area contributed by atoms with Crippen molar-refractivity contribution in [1.82, 2.24) is 0 Å². The van der Waals surface area contributed by atoms with Gasteiger partial charge in [0.15, 0.2) is 5.96 Å². The van der Waals surface area contributed by atoms with Crippen molar-refractivity contribution in [2.24, 2.45) is 16.6 Å². The molecule has 1 saturated carbocycles. The lowest BCUT2D eigenvalue weighted by molar-refractivity contribution is 0.129. The molecule has 0 spiro atoms. The summed E-state index contributed by atoms with van der Waals surface area (Å²) in [4.78, 5) is 6.62. The third kappa shape index (κ3) is 2.02. The van der Waals surface area contributed by atoms with Crippen molar-refractivity contribution in [3.8, 4) is 5.75 Å². The van der Waals surface area contributed by atoms with E-state index >= 15 is 0 Å². The molecule has 0 bridgehead atoms. The summed E-state index contributed by atoms with van der Waals surface area (Å²) in [5.41, 5.74) is 7.04. The molecule has 0 radical (unpaired) electrons. The summed E-state index contributed by atoms with van der Waals surface area (Å²) in [6, 6.07) is 7.95. The van der Waals surface area contributed by atoms with Gasteiger partial charge in [0.2, 0.25) is 0 Å². The highest BCUT2D eigenvalue weighted by molar-refractivity contribution is 5.98. The molecule has 1 aromatic carbocycles. The highest BCUT2D eigenvalue weighted by atomic mass is 16.5. The molecule has 20 heavy (non-hydrogen) atoms. The van der Waals surface area contributed by atoms with E-state index in [1.54, 1.807) is 14.2 Å². The first-order chi connectivity index (χ1) is 9.71. The van der Waals surface area contributed by atoms with Gasteiger partial charge < -0.3 is 20.1 Å². The summed E-state index contributed by atoms with van der Waals surface area (Å²) in [5.74, 6) is 1.99. The van der Waals surface area contributed by atoms with Crippen LogP contribution >= 0.6 is 0 Å². The van der Waals surface area contributed by atoms with E-state index in [9.17, 15) is 0 Å². The summed E-state index contributed by atoms with van der Waals surface area (Å²) in [6.45, 7) is 1.34. The van der Waals surface area contributed by atoms with Crippen LogP contribution < -0.4 is 15.4 Å². The van der Waals surface area contributed by atoms with Crippen LogP contribution in [0.1, 0.15) is 12.8 Å². The van der Waals surface area contributed by atoms with Crippen LogP contribution in [0.2, 0.25) is 0 Å². The molecule has 1 fully saturated rings. The first kappa shape index (κ1) is 13.2. The van der Waals surface area contributed by atoms with E-state index in [2.05, 4.69) is 9.89 Å². The van der Waals surface area contributed by atoms with Gasteiger partial charge in [0, 0.05) is 18.9 Å². The SMILES string of the molecule is COCC1(C2CC2)CN=C(N)N1c1cccc(OC)c1. The minimum Gasteiger partial charge on any atom is -0.497 e. The number of hydrogen-bond donors (Lipinski definition) is 1. The monoisotopic (exact) mass is 275 g/mol. The summed E-state index contributed by atoms with van der Waals surface area (Å²) >= 11 is 0. The second-order valence-electron chi connectivity index (χ2n) is 5.52. The molecule has 1 aromatic rings. The summed E-state index contributed by atoms with van der Waals surface area (Å²) in [7, 11) is 3.41. The summed E-state index contributed by atoms with van der Waals surface area (Å²) in [5, 5.41) is 0.